The fourth-order valence-electron chi connectivity index (χ4n) is 1.55. The molecule has 0 saturated heterocycles. The summed E-state index contributed by atoms with van der Waals surface area (Å²) in [4.78, 5) is 22.2. The summed E-state index contributed by atoms with van der Waals surface area (Å²) in [5, 5.41) is 13.8. The van der Waals surface area contributed by atoms with E-state index in [9.17, 15) is 9.59 Å². The summed E-state index contributed by atoms with van der Waals surface area (Å²) < 4.78 is 5.05. The zero-order valence-corrected chi connectivity index (χ0v) is 11.8. The van der Waals surface area contributed by atoms with Gasteiger partial charge in [-0.05, 0) is 24.6 Å². The third-order valence-electron chi connectivity index (χ3n) is 2.67. The molecular weight excluding hydrogens is 272 g/mol. The van der Waals surface area contributed by atoms with Crippen LogP contribution in [0.5, 0.6) is 5.75 Å². The molecule has 0 fully saturated rings. The molecule has 0 saturated carbocycles. The van der Waals surface area contributed by atoms with Gasteiger partial charge >= 0.3 is 6.03 Å². The van der Waals surface area contributed by atoms with E-state index in [2.05, 4.69) is 5.32 Å². The Bertz CT molecular complexity index is 600. The minimum atomic E-state index is -1.00. The quantitative estimate of drug-likeness (QED) is 0.546. The van der Waals surface area contributed by atoms with E-state index in [0.29, 0.717) is 12.2 Å². The molecule has 1 aromatic rings. The summed E-state index contributed by atoms with van der Waals surface area (Å²) in [6.07, 6.45) is 0. The van der Waals surface area contributed by atoms with Crippen LogP contribution in [-0.4, -0.2) is 19.0 Å². The molecule has 0 unspecified atom stereocenters. The molecule has 1 rings (SSSR count). The van der Waals surface area contributed by atoms with Crippen LogP contribution in [0.1, 0.15) is 12.5 Å². The van der Waals surface area contributed by atoms with Gasteiger partial charge in [-0.1, -0.05) is 12.1 Å². The first-order valence-electron chi connectivity index (χ1n) is 6.06. The molecule has 4 N–H and O–H groups in total. The van der Waals surface area contributed by atoms with Crippen LogP contribution in [0.25, 0.3) is 0 Å². The van der Waals surface area contributed by atoms with E-state index in [1.54, 1.807) is 32.2 Å². The van der Waals surface area contributed by atoms with Gasteiger partial charge in [0.25, 0.3) is 5.91 Å². The van der Waals surface area contributed by atoms with Crippen molar-refractivity contribution in [2.24, 2.45) is 5.73 Å². The fraction of sp³-hybridized carbons (Fsp3) is 0.214. The van der Waals surface area contributed by atoms with E-state index in [0.717, 1.165) is 11.3 Å². The number of carbonyl (C=O) groups is 2. The lowest BCUT2D eigenvalue weighted by molar-refractivity contribution is -0.116. The van der Waals surface area contributed by atoms with Crippen molar-refractivity contribution in [2.75, 3.05) is 7.11 Å². The Labute approximate surface area is 122 Å². The normalized spacial score (nSPS) is 10.9. The van der Waals surface area contributed by atoms with Gasteiger partial charge < -0.3 is 15.8 Å². The highest BCUT2D eigenvalue weighted by molar-refractivity contribution is 6.06. The largest absolute Gasteiger partial charge is 0.497 e. The Morgan fingerprint density at radius 3 is 2.43 bits per heavy atom. The van der Waals surface area contributed by atoms with Gasteiger partial charge in [0, 0.05) is 12.2 Å². The Balaban J connectivity index is 2.74. The summed E-state index contributed by atoms with van der Waals surface area (Å²) >= 11 is 0. The van der Waals surface area contributed by atoms with Crippen molar-refractivity contribution in [1.29, 1.82) is 5.26 Å². The number of allylic oxidation sites excluding steroid dienone is 1. The average molecular weight is 288 g/mol. The van der Waals surface area contributed by atoms with Crippen LogP contribution < -0.4 is 21.1 Å². The number of nitrogens with one attached hydrogen (secondary N) is 2. The second-order valence-electron chi connectivity index (χ2n) is 4.13. The maximum Gasteiger partial charge on any atom is 0.319 e. The Morgan fingerprint density at radius 2 is 1.95 bits per heavy atom. The van der Waals surface area contributed by atoms with E-state index in [4.69, 9.17) is 15.7 Å². The number of methoxy groups -OCH3 is 1. The first-order valence-corrected chi connectivity index (χ1v) is 6.06. The number of amides is 3. The molecule has 1 aromatic carbocycles. The van der Waals surface area contributed by atoms with Crippen LogP contribution in [0.3, 0.4) is 0 Å². The number of carbonyl (C=O) groups excluding carboxylic acids is 2. The molecule has 110 valence electrons. The Hall–Kier alpha value is -3.01. The molecule has 7 heteroatoms. The molecule has 21 heavy (non-hydrogen) atoms. The summed E-state index contributed by atoms with van der Waals surface area (Å²) in [5.41, 5.74) is 5.95. The van der Waals surface area contributed by atoms with Gasteiger partial charge in [0.05, 0.1) is 7.11 Å². The maximum absolute atomic E-state index is 11.6. The predicted molar refractivity (Wildman–Crippen MR) is 75.9 cm³/mol. The first kappa shape index (κ1) is 16.0. The van der Waals surface area contributed by atoms with Crippen molar-refractivity contribution in [2.45, 2.75) is 13.5 Å². The number of hydrogen-bond donors (Lipinski definition) is 3. The average Bonchev–Trinajstić information content (AvgIpc) is 2.45. The fourth-order valence-corrected chi connectivity index (χ4v) is 1.55. The molecule has 0 aliphatic carbocycles. The van der Waals surface area contributed by atoms with Gasteiger partial charge in [-0.15, -0.1) is 0 Å². The van der Waals surface area contributed by atoms with Crippen LogP contribution in [0.2, 0.25) is 0 Å². The molecule has 7 nitrogen and oxygen atoms in total. The summed E-state index contributed by atoms with van der Waals surface area (Å²) in [5.74, 6) is -0.0886. The summed E-state index contributed by atoms with van der Waals surface area (Å²) in [6, 6.07) is 8.06. The highest BCUT2D eigenvalue weighted by Gasteiger charge is 2.14. The van der Waals surface area contributed by atoms with Crippen LogP contribution >= 0.6 is 0 Å². The SMILES string of the molecule is COc1ccc(CNC(C)=C(C#N)C(=O)NC(N)=O)cc1. The van der Waals surface area contributed by atoms with Crippen molar-refractivity contribution in [1.82, 2.24) is 10.6 Å². The molecule has 0 aromatic heterocycles. The van der Waals surface area contributed by atoms with Crippen molar-refractivity contribution in [3.8, 4) is 11.8 Å². The first-order chi connectivity index (χ1) is 9.97. The van der Waals surface area contributed by atoms with Crippen molar-refractivity contribution in [3.63, 3.8) is 0 Å². The number of imide groups is 1. The number of urea groups is 1. The molecule has 3 amide bonds. The number of hydrogen-bond acceptors (Lipinski definition) is 5. The van der Waals surface area contributed by atoms with Crippen LogP contribution in [0.4, 0.5) is 4.79 Å². The summed E-state index contributed by atoms with van der Waals surface area (Å²) in [6.45, 7) is 1.99. The lowest BCUT2D eigenvalue weighted by atomic mass is 10.2. The van der Waals surface area contributed by atoms with Gasteiger partial charge in [0.1, 0.15) is 17.4 Å². The zero-order valence-electron chi connectivity index (χ0n) is 11.8. The number of nitriles is 1. The second-order valence-corrected chi connectivity index (χ2v) is 4.13. The molecule has 0 atom stereocenters. The molecule has 0 radical (unpaired) electrons. The number of primary amides is 1. The minimum absolute atomic E-state index is 0.192. The lowest BCUT2D eigenvalue weighted by Crippen LogP contribution is -2.36. The Kier molecular flexibility index (Phi) is 5.77. The molecular formula is C14H16N4O3. The van der Waals surface area contributed by atoms with Crippen LogP contribution in [-0.2, 0) is 11.3 Å². The second kappa shape index (κ2) is 7.55. The van der Waals surface area contributed by atoms with Gasteiger partial charge in [-0.25, -0.2) is 4.79 Å². The third-order valence-corrected chi connectivity index (χ3v) is 2.67. The minimum Gasteiger partial charge on any atom is -0.497 e. The topological polar surface area (TPSA) is 117 Å². The monoisotopic (exact) mass is 288 g/mol. The lowest BCUT2D eigenvalue weighted by Gasteiger charge is -2.09. The molecule has 0 aliphatic heterocycles. The van der Waals surface area contributed by atoms with Gasteiger partial charge in [-0.2, -0.15) is 5.26 Å². The highest BCUT2D eigenvalue weighted by Crippen LogP contribution is 2.11. The smallest absolute Gasteiger partial charge is 0.319 e. The zero-order chi connectivity index (χ0) is 15.8. The van der Waals surface area contributed by atoms with Crippen LogP contribution in [0, 0.1) is 11.3 Å². The van der Waals surface area contributed by atoms with Crippen molar-refractivity contribution >= 4 is 11.9 Å². The van der Waals surface area contributed by atoms with E-state index in [-0.39, 0.29) is 5.57 Å². The van der Waals surface area contributed by atoms with Gasteiger partial charge in [0.15, 0.2) is 0 Å². The van der Waals surface area contributed by atoms with Gasteiger partial charge in [-0.3, -0.25) is 10.1 Å². The van der Waals surface area contributed by atoms with Gasteiger partial charge in [0.2, 0.25) is 0 Å². The molecule has 0 aliphatic rings. The van der Waals surface area contributed by atoms with Crippen molar-refractivity contribution in [3.05, 3.63) is 41.1 Å². The third kappa shape index (κ3) is 4.87. The number of benzene rings is 1. The number of nitrogens with zero attached hydrogens (tertiary/aromatic N) is 1. The van der Waals surface area contributed by atoms with E-state index in [1.165, 1.54) is 0 Å². The van der Waals surface area contributed by atoms with E-state index < -0.39 is 11.9 Å². The van der Waals surface area contributed by atoms with Crippen LogP contribution in [0.15, 0.2) is 35.5 Å². The maximum atomic E-state index is 11.6. The molecule has 0 spiro atoms. The predicted octanol–water partition coefficient (Wildman–Crippen LogP) is 0.777. The number of ether oxygens (including phenoxy) is 1. The molecule has 0 bridgehead atoms. The number of nitrogens with two attached hydrogens (primary N) is 1. The van der Waals surface area contributed by atoms with E-state index >= 15 is 0 Å². The number of rotatable bonds is 5. The van der Waals surface area contributed by atoms with E-state index in [1.807, 2.05) is 17.4 Å². The standard InChI is InChI=1S/C14H16N4O3/c1-9(12(7-15)13(19)18-14(16)20)17-8-10-3-5-11(21-2)6-4-10/h3-6,17H,8H2,1-2H3,(H3,16,18,19,20). The summed E-state index contributed by atoms with van der Waals surface area (Å²) in [7, 11) is 1.58. The van der Waals surface area contributed by atoms with Crippen molar-refractivity contribution < 1.29 is 14.3 Å². The highest BCUT2D eigenvalue weighted by atomic mass is 16.5. The Morgan fingerprint density at radius 1 is 1.33 bits per heavy atom. The molecule has 0 heterocycles.